The summed E-state index contributed by atoms with van der Waals surface area (Å²) in [6.45, 7) is 4.27. The highest BCUT2D eigenvalue weighted by Gasteiger charge is 2.07. The number of carbonyl (C=O) groups is 1. The second kappa shape index (κ2) is 6.89. The minimum Gasteiger partial charge on any atom is -0.323 e. The molecule has 122 valence electrons. The van der Waals surface area contributed by atoms with E-state index in [2.05, 4.69) is 24.1 Å². The van der Waals surface area contributed by atoms with Crippen molar-refractivity contribution >= 4 is 34.9 Å². The average molecular weight is 340 g/mol. The molecular weight excluding hydrogens is 322 g/mol. The molecule has 24 heavy (non-hydrogen) atoms. The Kier molecular flexibility index (Phi) is 4.67. The van der Waals surface area contributed by atoms with E-state index in [0.717, 1.165) is 11.3 Å². The number of amides is 1. The highest BCUT2D eigenvalue weighted by atomic mass is 35.5. The van der Waals surface area contributed by atoms with Crippen LogP contribution < -0.4 is 5.32 Å². The van der Waals surface area contributed by atoms with Crippen LogP contribution in [0.5, 0.6) is 0 Å². The van der Waals surface area contributed by atoms with Gasteiger partial charge in [0, 0.05) is 18.0 Å². The van der Waals surface area contributed by atoms with E-state index >= 15 is 0 Å². The van der Waals surface area contributed by atoms with E-state index in [9.17, 15) is 4.79 Å². The molecule has 3 aromatic rings. The third kappa shape index (κ3) is 3.49. The quantitative estimate of drug-likeness (QED) is 0.696. The van der Waals surface area contributed by atoms with Crippen molar-refractivity contribution in [3.63, 3.8) is 0 Å². The van der Waals surface area contributed by atoms with Crippen molar-refractivity contribution in [3.05, 3.63) is 71.1 Å². The summed E-state index contributed by atoms with van der Waals surface area (Å²) in [5.74, 6) is 0.251. The molecule has 0 bridgehead atoms. The van der Waals surface area contributed by atoms with Gasteiger partial charge in [0.1, 0.15) is 5.65 Å². The maximum absolute atomic E-state index is 12.1. The zero-order valence-corrected chi connectivity index (χ0v) is 14.3. The van der Waals surface area contributed by atoms with E-state index in [1.165, 1.54) is 11.6 Å². The van der Waals surface area contributed by atoms with Crippen LogP contribution in [0.15, 0.2) is 54.7 Å². The normalized spacial score (nSPS) is 11.5. The fourth-order valence-electron chi connectivity index (χ4n) is 2.43. The average Bonchev–Trinajstić information content (AvgIpc) is 2.88. The predicted molar refractivity (Wildman–Crippen MR) is 98.4 cm³/mol. The van der Waals surface area contributed by atoms with Crippen LogP contribution in [-0.2, 0) is 4.79 Å². The Bertz CT molecular complexity index is 895. The number of aromatic nitrogens is 2. The van der Waals surface area contributed by atoms with Gasteiger partial charge in [0.2, 0.25) is 5.91 Å². The first-order chi connectivity index (χ1) is 11.5. The number of imidazole rings is 1. The molecule has 0 atom stereocenters. The van der Waals surface area contributed by atoms with Gasteiger partial charge < -0.3 is 5.32 Å². The Labute approximate surface area is 145 Å². The summed E-state index contributed by atoms with van der Waals surface area (Å²) < 4.78 is 1.84. The standard InChI is InChI=1S/C19H18ClN3O/c1-13(2)14-6-8-15(9-7-14)21-18(24)11-10-16-19(20)22-17-5-3-4-12-23(16)17/h3-13H,1-2H3,(H,21,24)/b11-10+. The van der Waals surface area contributed by atoms with Crippen LogP contribution in [0.4, 0.5) is 5.69 Å². The van der Waals surface area contributed by atoms with Crippen LogP contribution in [0.3, 0.4) is 0 Å². The summed E-state index contributed by atoms with van der Waals surface area (Å²) in [5, 5.41) is 3.21. The molecule has 0 saturated heterocycles. The van der Waals surface area contributed by atoms with Crippen LogP contribution in [0.2, 0.25) is 5.15 Å². The van der Waals surface area contributed by atoms with Gasteiger partial charge >= 0.3 is 0 Å². The number of carbonyl (C=O) groups excluding carboxylic acids is 1. The first-order valence-corrected chi connectivity index (χ1v) is 8.14. The van der Waals surface area contributed by atoms with Gasteiger partial charge in [0.25, 0.3) is 0 Å². The molecule has 0 saturated carbocycles. The van der Waals surface area contributed by atoms with Crippen molar-refractivity contribution in [2.75, 3.05) is 5.32 Å². The summed E-state index contributed by atoms with van der Waals surface area (Å²) in [4.78, 5) is 16.3. The lowest BCUT2D eigenvalue weighted by atomic mass is 10.0. The van der Waals surface area contributed by atoms with Crippen LogP contribution in [0.25, 0.3) is 11.7 Å². The molecule has 0 unspecified atom stereocenters. The zero-order chi connectivity index (χ0) is 17.1. The topological polar surface area (TPSA) is 46.4 Å². The first-order valence-electron chi connectivity index (χ1n) is 7.76. The highest BCUT2D eigenvalue weighted by molar-refractivity contribution is 6.31. The zero-order valence-electron chi connectivity index (χ0n) is 13.5. The van der Waals surface area contributed by atoms with Gasteiger partial charge in [-0.05, 0) is 41.8 Å². The van der Waals surface area contributed by atoms with Gasteiger partial charge in [0.05, 0.1) is 5.69 Å². The lowest BCUT2D eigenvalue weighted by Gasteiger charge is -2.07. The number of nitrogens with one attached hydrogen (secondary N) is 1. The minimum absolute atomic E-state index is 0.214. The lowest BCUT2D eigenvalue weighted by Crippen LogP contribution is -2.07. The lowest BCUT2D eigenvalue weighted by molar-refractivity contribution is -0.111. The third-order valence-electron chi connectivity index (χ3n) is 3.76. The molecule has 0 spiro atoms. The number of halogens is 1. The number of nitrogens with zero attached hydrogens (tertiary/aromatic N) is 2. The molecule has 2 aromatic heterocycles. The molecule has 5 heteroatoms. The fraction of sp³-hybridized carbons (Fsp3) is 0.158. The molecule has 0 fully saturated rings. The number of rotatable bonds is 4. The van der Waals surface area contributed by atoms with E-state index in [-0.39, 0.29) is 5.91 Å². The molecule has 2 heterocycles. The van der Waals surface area contributed by atoms with E-state index in [4.69, 9.17) is 11.6 Å². The number of pyridine rings is 1. The largest absolute Gasteiger partial charge is 0.323 e. The van der Waals surface area contributed by atoms with Crippen LogP contribution >= 0.6 is 11.6 Å². The maximum Gasteiger partial charge on any atom is 0.248 e. The Morgan fingerprint density at radius 1 is 1.21 bits per heavy atom. The highest BCUT2D eigenvalue weighted by Crippen LogP contribution is 2.19. The maximum atomic E-state index is 12.1. The second-order valence-corrected chi connectivity index (χ2v) is 6.17. The molecule has 1 N–H and O–H groups in total. The van der Waals surface area contributed by atoms with Gasteiger partial charge in [-0.25, -0.2) is 4.98 Å². The number of hydrogen-bond acceptors (Lipinski definition) is 2. The summed E-state index contributed by atoms with van der Waals surface area (Å²) in [6, 6.07) is 13.5. The van der Waals surface area contributed by atoms with Crippen molar-refractivity contribution in [3.8, 4) is 0 Å². The SMILES string of the molecule is CC(C)c1ccc(NC(=O)/C=C/c2c(Cl)nc3ccccn23)cc1. The van der Waals surface area contributed by atoms with Gasteiger partial charge in [-0.15, -0.1) is 0 Å². The van der Waals surface area contributed by atoms with Gasteiger partial charge in [0.15, 0.2) is 5.15 Å². The molecular formula is C19H18ClN3O. The Morgan fingerprint density at radius 2 is 1.96 bits per heavy atom. The van der Waals surface area contributed by atoms with Crippen LogP contribution in [-0.4, -0.2) is 15.3 Å². The minimum atomic E-state index is -0.214. The number of benzene rings is 1. The van der Waals surface area contributed by atoms with Gasteiger partial charge in [-0.2, -0.15) is 0 Å². The second-order valence-electron chi connectivity index (χ2n) is 5.82. The molecule has 4 nitrogen and oxygen atoms in total. The molecule has 0 aliphatic heterocycles. The molecule has 1 aromatic carbocycles. The van der Waals surface area contributed by atoms with Crippen LogP contribution in [0.1, 0.15) is 31.0 Å². The summed E-state index contributed by atoms with van der Waals surface area (Å²) in [7, 11) is 0. The van der Waals surface area contributed by atoms with Crippen molar-refractivity contribution < 1.29 is 4.79 Å². The molecule has 0 aliphatic rings. The Balaban J connectivity index is 1.74. The Morgan fingerprint density at radius 3 is 2.67 bits per heavy atom. The molecule has 0 aliphatic carbocycles. The third-order valence-corrected chi connectivity index (χ3v) is 4.04. The predicted octanol–water partition coefficient (Wildman–Crippen LogP) is 4.76. The van der Waals surface area contributed by atoms with E-state index in [1.54, 1.807) is 6.08 Å². The van der Waals surface area contributed by atoms with Crippen molar-refractivity contribution in [2.45, 2.75) is 19.8 Å². The van der Waals surface area contributed by atoms with E-state index < -0.39 is 0 Å². The number of hydrogen-bond donors (Lipinski definition) is 1. The van der Waals surface area contributed by atoms with Crippen molar-refractivity contribution in [1.82, 2.24) is 9.38 Å². The van der Waals surface area contributed by atoms with Crippen molar-refractivity contribution in [2.24, 2.45) is 0 Å². The van der Waals surface area contributed by atoms with Crippen molar-refractivity contribution in [1.29, 1.82) is 0 Å². The first kappa shape index (κ1) is 16.3. The molecule has 1 amide bonds. The molecule has 0 radical (unpaired) electrons. The summed E-state index contributed by atoms with van der Waals surface area (Å²) in [5.41, 5.74) is 3.42. The van der Waals surface area contributed by atoms with Gasteiger partial charge in [-0.1, -0.05) is 43.6 Å². The van der Waals surface area contributed by atoms with Gasteiger partial charge in [-0.3, -0.25) is 9.20 Å². The molecule has 3 rings (SSSR count). The fourth-order valence-corrected chi connectivity index (χ4v) is 2.67. The Hall–Kier alpha value is -2.59. The van der Waals surface area contributed by atoms with E-state index in [1.807, 2.05) is 53.1 Å². The summed E-state index contributed by atoms with van der Waals surface area (Å²) in [6.07, 6.45) is 4.98. The summed E-state index contributed by atoms with van der Waals surface area (Å²) >= 11 is 6.14. The smallest absolute Gasteiger partial charge is 0.248 e. The monoisotopic (exact) mass is 339 g/mol. The number of fused-ring (bicyclic) bond motifs is 1. The number of anilines is 1. The van der Waals surface area contributed by atoms with Crippen LogP contribution in [0, 0.1) is 0 Å². The van der Waals surface area contributed by atoms with E-state index in [0.29, 0.717) is 16.8 Å².